The van der Waals surface area contributed by atoms with Crippen LogP contribution in [0, 0.1) is 29.1 Å². The van der Waals surface area contributed by atoms with E-state index in [1.807, 2.05) is 0 Å². The number of rotatable bonds is 9. The van der Waals surface area contributed by atoms with Crippen LogP contribution in [0.2, 0.25) is 16.6 Å². The SMILES string of the molecule is CC(=O)CC[C@@H](C)[C@H]1CC[C@H]2[C@@H]3CCc4cc(O[Si](C(C)C)(C(C)C)C(C)C)ccc4[C@H]3CC[C@]12C. The van der Waals surface area contributed by atoms with E-state index < -0.39 is 8.32 Å². The Hall–Kier alpha value is -1.09. The topological polar surface area (TPSA) is 26.3 Å². The normalized spacial score (nSPS) is 30.8. The van der Waals surface area contributed by atoms with Gasteiger partial charge in [0.15, 0.2) is 0 Å². The molecule has 202 valence electrons. The Morgan fingerprint density at radius 2 is 1.67 bits per heavy atom. The highest BCUT2D eigenvalue weighted by atomic mass is 28.4. The minimum absolute atomic E-state index is 0.354. The predicted octanol–water partition coefficient (Wildman–Crippen LogP) is 9.72. The fraction of sp³-hybridized carbons (Fsp3) is 0.788. The molecule has 2 saturated carbocycles. The van der Waals surface area contributed by atoms with Crippen LogP contribution in [0.4, 0.5) is 0 Å². The number of carbonyl (C=O) groups is 1. The first-order chi connectivity index (χ1) is 16.9. The number of aryl methyl sites for hydroxylation is 1. The van der Waals surface area contributed by atoms with Gasteiger partial charge in [-0.25, -0.2) is 0 Å². The zero-order chi connectivity index (χ0) is 26.4. The average Bonchev–Trinajstić information content (AvgIpc) is 3.17. The van der Waals surface area contributed by atoms with Crippen LogP contribution in [0.5, 0.6) is 5.75 Å². The van der Waals surface area contributed by atoms with E-state index in [0.29, 0.717) is 33.7 Å². The fourth-order valence-electron chi connectivity index (χ4n) is 9.79. The highest BCUT2D eigenvalue weighted by Crippen LogP contribution is 2.64. The van der Waals surface area contributed by atoms with Crippen molar-refractivity contribution in [2.24, 2.45) is 29.1 Å². The van der Waals surface area contributed by atoms with Gasteiger partial charge in [0.05, 0.1) is 0 Å². The molecule has 0 aromatic heterocycles. The van der Waals surface area contributed by atoms with Gasteiger partial charge in [0, 0.05) is 6.42 Å². The van der Waals surface area contributed by atoms with Gasteiger partial charge in [-0.3, -0.25) is 0 Å². The number of hydrogen-bond acceptors (Lipinski definition) is 2. The molecule has 0 spiro atoms. The number of carbonyl (C=O) groups excluding carboxylic acids is 1. The van der Waals surface area contributed by atoms with Gasteiger partial charge in [0.25, 0.3) is 8.32 Å². The maximum Gasteiger partial charge on any atom is 0.258 e. The molecule has 0 N–H and O–H groups in total. The van der Waals surface area contributed by atoms with Gasteiger partial charge in [-0.2, -0.15) is 0 Å². The van der Waals surface area contributed by atoms with Crippen molar-refractivity contribution in [3.05, 3.63) is 29.3 Å². The lowest BCUT2D eigenvalue weighted by Crippen LogP contribution is -2.50. The molecule has 1 aromatic carbocycles. The third-order valence-corrected chi connectivity index (χ3v) is 17.4. The fourth-order valence-corrected chi connectivity index (χ4v) is 15.0. The zero-order valence-electron chi connectivity index (χ0n) is 24.8. The Morgan fingerprint density at radius 1 is 1.00 bits per heavy atom. The van der Waals surface area contributed by atoms with E-state index in [9.17, 15) is 4.79 Å². The molecule has 0 amide bonds. The van der Waals surface area contributed by atoms with Crippen molar-refractivity contribution >= 4 is 14.1 Å². The van der Waals surface area contributed by atoms with Crippen LogP contribution in [-0.2, 0) is 11.2 Å². The second-order valence-corrected chi connectivity index (χ2v) is 19.5. The maximum absolute atomic E-state index is 11.6. The van der Waals surface area contributed by atoms with Crippen LogP contribution in [0.1, 0.15) is 124 Å². The molecule has 4 rings (SSSR count). The van der Waals surface area contributed by atoms with Gasteiger partial charge in [-0.15, -0.1) is 0 Å². The molecule has 0 radical (unpaired) electrons. The van der Waals surface area contributed by atoms with E-state index in [0.717, 1.165) is 42.3 Å². The lowest BCUT2D eigenvalue weighted by atomic mass is 9.53. The number of ketones is 1. The molecule has 1 aromatic rings. The summed E-state index contributed by atoms with van der Waals surface area (Å²) < 4.78 is 7.07. The van der Waals surface area contributed by atoms with Crippen LogP contribution in [0.15, 0.2) is 18.2 Å². The van der Waals surface area contributed by atoms with Crippen LogP contribution in [0.3, 0.4) is 0 Å². The van der Waals surface area contributed by atoms with E-state index in [1.54, 1.807) is 18.1 Å². The second kappa shape index (κ2) is 10.6. The first kappa shape index (κ1) is 27.9. The number of Topliss-reactive ketones (excluding diaryl/α,β-unsaturated/α-hetero) is 1. The molecule has 0 aliphatic heterocycles. The minimum atomic E-state index is -1.93. The van der Waals surface area contributed by atoms with Crippen molar-refractivity contribution in [1.29, 1.82) is 0 Å². The van der Waals surface area contributed by atoms with Crippen molar-refractivity contribution in [3.63, 3.8) is 0 Å². The third kappa shape index (κ3) is 4.76. The smallest absolute Gasteiger partial charge is 0.258 e. The lowest BCUT2D eigenvalue weighted by molar-refractivity contribution is -0.117. The number of hydrogen-bond donors (Lipinski definition) is 0. The quantitative estimate of drug-likeness (QED) is 0.309. The van der Waals surface area contributed by atoms with Gasteiger partial charge >= 0.3 is 0 Å². The van der Waals surface area contributed by atoms with Gasteiger partial charge in [0.2, 0.25) is 0 Å². The minimum Gasteiger partial charge on any atom is -0.543 e. The average molecular weight is 511 g/mol. The maximum atomic E-state index is 11.6. The van der Waals surface area contributed by atoms with E-state index in [4.69, 9.17) is 4.43 Å². The van der Waals surface area contributed by atoms with E-state index in [2.05, 4.69) is 73.6 Å². The Balaban J connectivity index is 1.53. The van der Waals surface area contributed by atoms with Gasteiger partial charge < -0.3 is 9.22 Å². The van der Waals surface area contributed by atoms with E-state index in [1.165, 1.54) is 38.5 Å². The molecule has 6 atom stereocenters. The highest BCUT2D eigenvalue weighted by Gasteiger charge is 2.55. The molecule has 0 bridgehead atoms. The second-order valence-electron chi connectivity index (χ2n) is 14.1. The summed E-state index contributed by atoms with van der Waals surface area (Å²) in [5.74, 6) is 5.37. The van der Waals surface area contributed by atoms with Crippen LogP contribution in [-0.4, -0.2) is 14.1 Å². The first-order valence-corrected chi connectivity index (χ1v) is 17.4. The summed E-state index contributed by atoms with van der Waals surface area (Å²) in [5, 5.41) is 0. The Bertz CT molecular complexity index is 912. The Labute approximate surface area is 223 Å². The largest absolute Gasteiger partial charge is 0.543 e. The summed E-state index contributed by atoms with van der Waals surface area (Å²) in [6, 6.07) is 7.23. The summed E-state index contributed by atoms with van der Waals surface area (Å²) in [6.07, 6.45) is 9.86. The van der Waals surface area contributed by atoms with Crippen molar-refractivity contribution in [1.82, 2.24) is 0 Å². The molecule has 2 fully saturated rings. The van der Waals surface area contributed by atoms with Gasteiger partial charge in [-0.1, -0.05) is 61.5 Å². The molecule has 3 heteroatoms. The summed E-state index contributed by atoms with van der Waals surface area (Å²) in [6.45, 7) is 21.1. The summed E-state index contributed by atoms with van der Waals surface area (Å²) in [5.41, 5.74) is 5.47. The lowest BCUT2D eigenvalue weighted by Gasteiger charge is -2.52. The monoisotopic (exact) mass is 510 g/mol. The van der Waals surface area contributed by atoms with Crippen molar-refractivity contribution < 1.29 is 9.22 Å². The van der Waals surface area contributed by atoms with Crippen LogP contribution < -0.4 is 4.43 Å². The van der Waals surface area contributed by atoms with Crippen molar-refractivity contribution in [2.75, 3.05) is 0 Å². The van der Waals surface area contributed by atoms with E-state index >= 15 is 0 Å². The summed E-state index contributed by atoms with van der Waals surface area (Å²) in [7, 11) is -1.93. The molecule has 0 saturated heterocycles. The molecule has 0 heterocycles. The molecular formula is C33H54O2Si. The molecule has 36 heavy (non-hydrogen) atoms. The summed E-state index contributed by atoms with van der Waals surface area (Å²) >= 11 is 0. The Kier molecular flexibility index (Phi) is 8.21. The molecular weight excluding hydrogens is 456 g/mol. The van der Waals surface area contributed by atoms with Crippen molar-refractivity contribution in [3.8, 4) is 5.75 Å². The molecule has 3 aliphatic rings. The van der Waals surface area contributed by atoms with Crippen molar-refractivity contribution in [2.45, 2.75) is 136 Å². The Morgan fingerprint density at radius 3 is 2.28 bits per heavy atom. The van der Waals surface area contributed by atoms with Gasteiger partial charge in [0.1, 0.15) is 11.5 Å². The molecule has 0 unspecified atom stereocenters. The number of benzene rings is 1. The van der Waals surface area contributed by atoms with Crippen LogP contribution in [0.25, 0.3) is 0 Å². The summed E-state index contributed by atoms with van der Waals surface area (Å²) in [4.78, 5) is 11.6. The number of fused-ring (bicyclic) bond motifs is 5. The first-order valence-electron chi connectivity index (χ1n) is 15.2. The standard InChI is InChI=1S/C33H54O2Si/c1-21(2)36(22(3)4,23(5)6)35-27-13-15-28-26(20-27)12-14-30-29(28)18-19-33(9)31(16-17-32(30)33)24(7)10-11-25(8)34/h13,15,20-24,29-32H,10-12,14,16-19H2,1-9H3/t24-,29-,30-,31-,32+,33-/m1/s1. The molecule has 3 aliphatic carbocycles. The third-order valence-electron chi connectivity index (χ3n) is 11.4. The predicted molar refractivity (Wildman–Crippen MR) is 155 cm³/mol. The van der Waals surface area contributed by atoms with E-state index in [-0.39, 0.29) is 0 Å². The molecule has 2 nitrogen and oxygen atoms in total. The van der Waals surface area contributed by atoms with Gasteiger partial charge in [-0.05, 0) is 127 Å². The zero-order valence-corrected chi connectivity index (χ0v) is 25.8. The highest BCUT2D eigenvalue weighted by molar-refractivity contribution is 6.78. The van der Waals surface area contributed by atoms with Crippen LogP contribution >= 0.6 is 0 Å².